The fourth-order valence-corrected chi connectivity index (χ4v) is 4.77. The number of urea groups is 1. The number of piperidine rings is 1. The van der Waals surface area contributed by atoms with Gasteiger partial charge in [0.1, 0.15) is 0 Å². The van der Waals surface area contributed by atoms with Crippen molar-refractivity contribution in [1.29, 1.82) is 0 Å². The highest BCUT2D eigenvalue weighted by atomic mass is 79.9. The molecule has 3 aromatic rings. The highest BCUT2D eigenvalue weighted by Gasteiger charge is 2.27. The molecule has 0 atom stereocenters. The van der Waals surface area contributed by atoms with E-state index in [1.807, 2.05) is 42.7 Å². The third-order valence-corrected chi connectivity index (χ3v) is 6.97. The number of hydrogen-bond donors (Lipinski definition) is 2. The number of carbonyl (C=O) groups is 1. The Balaban J connectivity index is 1.40. The lowest BCUT2D eigenvalue weighted by Gasteiger charge is -2.36. The number of carbonyl (C=O) groups excluding carboxylic acids is 1. The van der Waals surface area contributed by atoms with Gasteiger partial charge in [-0.3, -0.25) is 4.31 Å². The van der Waals surface area contributed by atoms with E-state index in [9.17, 15) is 4.79 Å². The van der Waals surface area contributed by atoms with Gasteiger partial charge in [-0.05, 0) is 55.5 Å². The smallest absolute Gasteiger partial charge is 0.331 e. The molecule has 2 heterocycles. The van der Waals surface area contributed by atoms with Crippen LogP contribution in [0.3, 0.4) is 0 Å². The Bertz CT molecular complexity index is 1060. The molecule has 0 aliphatic carbocycles. The second-order valence-corrected chi connectivity index (χ2v) is 9.35. The Kier molecular flexibility index (Phi) is 6.70. The quantitative estimate of drug-likeness (QED) is 0.365. The van der Waals surface area contributed by atoms with Crippen LogP contribution in [0.1, 0.15) is 12.8 Å². The Morgan fingerprint density at radius 3 is 2.83 bits per heavy atom. The SMILES string of the molecule is CSc1cccc(NC(=O)N(S)C2CCN(c3nncc4cc(Br)ccc34)CC2)c1. The lowest BCUT2D eigenvalue weighted by Crippen LogP contribution is -2.45. The van der Waals surface area contributed by atoms with E-state index in [4.69, 9.17) is 0 Å². The van der Waals surface area contributed by atoms with E-state index >= 15 is 0 Å². The van der Waals surface area contributed by atoms with Crippen LogP contribution in [0.5, 0.6) is 0 Å². The Labute approximate surface area is 194 Å². The van der Waals surface area contributed by atoms with E-state index in [0.29, 0.717) is 0 Å². The van der Waals surface area contributed by atoms with E-state index in [2.05, 4.69) is 55.2 Å². The summed E-state index contributed by atoms with van der Waals surface area (Å²) in [6.45, 7) is 1.58. The summed E-state index contributed by atoms with van der Waals surface area (Å²) in [5.41, 5.74) is 0.778. The zero-order valence-corrected chi connectivity index (χ0v) is 19.8. The van der Waals surface area contributed by atoms with Gasteiger partial charge in [0.2, 0.25) is 0 Å². The molecule has 0 saturated carbocycles. The average Bonchev–Trinajstić information content (AvgIpc) is 2.78. The molecule has 4 rings (SSSR count). The molecule has 0 radical (unpaired) electrons. The van der Waals surface area contributed by atoms with E-state index in [0.717, 1.165) is 57.6 Å². The summed E-state index contributed by atoms with van der Waals surface area (Å²) >= 11 is 9.65. The molecule has 1 aliphatic heterocycles. The topological polar surface area (TPSA) is 61.4 Å². The zero-order valence-electron chi connectivity index (χ0n) is 16.5. The molecule has 1 N–H and O–H groups in total. The van der Waals surface area contributed by atoms with Gasteiger partial charge in [-0.25, -0.2) is 4.79 Å². The van der Waals surface area contributed by atoms with E-state index in [1.54, 1.807) is 18.0 Å². The Morgan fingerprint density at radius 2 is 2.07 bits per heavy atom. The van der Waals surface area contributed by atoms with Crippen molar-refractivity contribution in [3.8, 4) is 0 Å². The number of hydrogen-bond acceptors (Lipinski definition) is 6. The van der Waals surface area contributed by atoms with Crippen LogP contribution in [-0.4, -0.2) is 45.9 Å². The number of benzene rings is 2. The van der Waals surface area contributed by atoms with Gasteiger partial charge in [-0.15, -0.1) is 16.9 Å². The van der Waals surface area contributed by atoms with Crippen molar-refractivity contribution < 1.29 is 4.79 Å². The van der Waals surface area contributed by atoms with E-state index in [1.165, 1.54) is 4.31 Å². The molecule has 0 unspecified atom stereocenters. The first-order valence-corrected chi connectivity index (χ1v) is 12.1. The molecule has 6 nitrogen and oxygen atoms in total. The monoisotopic (exact) mass is 503 g/mol. The first kappa shape index (κ1) is 21.3. The molecule has 1 fully saturated rings. The minimum atomic E-state index is -0.204. The predicted molar refractivity (Wildman–Crippen MR) is 131 cm³/mol. The fraction of sp³-hybridized carbons (Fsp3) is 0.286. The van der Waals surface area contributed by atoms with Crippen LogP contribution in [0.2, 0.25) is 0 Å². The maximum absolute atomic E-state index is 12.7. The lowest BCUT2D eigenvalue weighted by atomic mass is 10.0. The fourth-order valence-electron chi connectivity index (χ4n) is 3.65. The minimum absolute atomic E-state index is 0.0606. The van der Waals surface area contributed by atoms with Gasteiger partial charge in [0.25, 0.3) is 0 Å². The molecule has 0 bridgehead atoms. The van der Waals surface area contributed by atoms with Crippen molar-refractivity contribution in [3.05, 3.63) is 53.1 Å². The number of anilines is 2. The van der Waals surface area contributed by atoms with Crippen LogP contribution < -0.4 is 10.2 Å². The third kappa shape index (κ3) is 4.68. The third-order valence-electron chi connectivity index (χ3n) is 5.24. The van der Waals surface area contributed by atoms with Gasteiger partial charge in [0, 0.05) is 45.0 Å². The number of amides is 2. The van der Waals surface area contributed by atoms with Crippen molar-refractivity contribution in [2.75, 3.05) is 29.6 Å². The molecule has 0 spiro atoms. The molecule has 2 amide bonds. The highest BCUT2D eigenvalue weighted by Crippen LogP contribution is 2.29. The number of thioether (sulfide) groups is 1. The summed E-state index contributed by atoms with van der Waals surface area (Å²) in [5, 5.41) is 13.6. The van der Waals surface area contributed by atoms with Crippen molar-refractivity contribution in [1.82, 2.24) is 14.5 Å². The largest absolute Gasteiger partial charge is 0.354 e. The second-order valence-electron chi connectivity index (χ2n) is 7.12. The molecule has 156 valence electrons. The number of rotatable bonds is 4. The van der Waals surface area contributed by atoms with Crippen LogP contribution in [0.25, 0.3) is 10.8 Å². The maximum Gasteiger partial charge on any atom is 0.331 e. The summed E-state index contributed by atoms with van der Waals surface area (Å²) in [4.78, 5) is 16.0. The molecule has 9 heteroatoms. The van der Waals surface area contributed by atoms with Crippen LogP contribution >= 0.6 is 40.5 Å². The maximum atomic E-state index is 12.7. The number of halogens is 1. The molecule has 1 saturated heterocycles. The van der Waals surface area contributed by atoms with Gasteiger partial charge in [0.15, 0.2) is 5.82 Å². The van der Waals surface area contributed by atoms with Crippen LogP contribution in [0.15, 0.2) is 58.0 Å². The van der Waals surface area contributed by atoms with Crippen molar-refractivity contribution in [2.45, 2.75) is 23.8 Å². The van der Waals surface area contributed by atoms with Crippen LogP contribution in [-0.2, 0) is 0 Å². The van der Waals surface area contributed by atoms with E-state index in [-0.39, 0.29) is 12.1 Å². The number of nitrogens with one attached hydrogen (secondary N) is 1. The summed E-state index contributed by atoms with van der Waals surface area (Å²) < 4.78 is 2.54. The van der Waals surface area contributed by atoms with Gasteiger partial charge < -0.3 is 10.2 Å². The van der Waals surface area contributed by atoms with Gasteiger partial charge in [-0.2, -0.15) is 5.10 Å². The van der Waals surface area contributed by atoms with Gasteiger partial charge in [-0.1, -0.05) is 34.8 Å². The second kappa shape index (κ2) is 9.45. The molecule has 1 aliphatic rings. The number of aromatic nitrogens is 2. The molecule has 30 heavy (non-hydrogen) atoms. The molecular formula is C21H22BrN5OS2. The Morgan fingerprint density at radius 1 is 1.27 bits per heavy atom. The van der Waals surface area contributed by atoms with Crippen molar-refractivity contribution in [2.24, 2.45) is 0 Å². The van der Waals surface area contributed by atoms with Crippen molar-refractivity contribution in [3.63, 3.8) is 0 Å². The van der Waals surface area contributed by atoms with Crippen LogP contribution in [0.4, 0.5) is 16.3 Å². The first-order chi connectivity index (χ1) is 14.5. The molecular weight excluding hydrogens is 482 g/mol. The minimum Gasteiger partial charge on any atom is -0.354 e. The van der Waals surface area contributed by atoms with Crippen LogP contribution in [0, 0.1) is 0 Å². The number of nitrogens with zero attached hydrogens (tertiary/aromatic N) is 4. The summed E-state index contributed by atoms with van der Waals surface area (Å²) in [7, 11) is 0. The Hall–Kier alpha value is -1.97. The standard InChI is InChI=1S/C21H22BrN5OS2/c1-30-18-4-2-3-16(12-18)24-21(28)27(29)17-7-9-26(10-8-17)20-19-6-5-15(22)11-14(19)13-23-25-20/h2-6,11-13,17,29H,7-10H2,1H3,(H,24,28). The normalized spacial score (nSPS) is 14.7. The molecule has 2 aromatic carbocycles. The summed E-state index contributed by atoms with van der Waals surface area (Å²) in [6, 6.07) is 13.8. The lowest BCUT2D eigenvalue weighted by molar-refractivity contribution is 0.223. The summed E-state index contributed by atoms with van der Waals surface area (Å²) in [6.07, 6.45) is 5.42. The first-order valence-electron chi connectivity index (χ1n) is 9.64. The number of fused-ring (bicyclic) bond motifs is 1. The summed E-state index contributed by atoms with van der Waals surface area (Å²) in [5.74, 6) is 0.891. The van der Waals surface area contributed by atoms with Gasteiger partial charge in [0.05, 0.1) is 6.20 Å². The highest BCUT2D eigenvalue weighted by molar-refractivity contribution is 9.10. The van der Waals surface area contributed by atoms with E-state index < -0.39 is 0 Å². The predicted octanol–water partition coefficient (Wildman–Crippen LogP) is 5.46. The average molecular weight is 504 g/mol. The van der Waals surface area contributed by atoms with Gasteiger partial charge >= 0.3 is 6.03 Å². The number of thiol groups is 1. The van der Waals surface area contributed by atoms with Crippen molar-refractivity contribution >= 4 is 68.8 Å². The zero-order chi connectivity index (χ0) is 21.1. The molecule has 1 aromatic heterocycles.